The Morgan fingerprint density at radius 3 is 1.68 bits per heavy atom. The highest BCUT2D eigenvalue weighted by molar-refractivity contribution is 7.91. The van der Waals surface area contributed by atoms with E-state index >= 15 is 0 Å². The van der Waals surface area contributed by atoms with Crippen molar-refractivity contribution in [2.45, 2.75) is 85.0 Å². The molecule has 3 aliphatic rings. The number of aromatic nitrogens is 1. The van der Waals surface area contributed by atoms with Gasteiger partial charge in [0.1, 0.15) is 19.9 Å². The number of hydrogen-bond acceptors (Lipinski definition) is 15. The molecular weight excluding hydrogens is 1010 g/mol. The van der Waals surface area contributed by atoms with Crippen molar-refractivity contribution in [1.29, 1.82) is 0 Å². The van der Waals surface area contributed by atoms with Crippen LogP contribution < -0.4 is 30.7 Å². The summed E-state index contributed by atoms with van der Waals surface area (Å²) in [4.78, 5) is 33.3. The second kappa shape index (κ2) is 28.2. The highest BCUT2D eigenvalue weighted by Gasteiger charge is 2.30. The molecule has 6 heterocycles. The number of morpholine rings is 1. The van der Waals surface area contributed by atoms with Crippen LogP contribution in [0.2, 0.25) is 0 Å². The van der Waals surface area contributed by atoms with E-state index in [1.165, 1.54) is 22.7 Å². The molecule has 8 rings (SSSR count). The molecule has 0 saturated carbocycles. The maximum Gasteiger partial charge on any atom is 0.252 e. The smallest absolute Gasteiger partial charge is 0.252 e. The maximum absolute atomic E-state index is 13.3. The number of hydrogen-bond donors (Lipinski definition) is 4. The van der Waals surface area contributed by atoms with Crippen molar-refractivity contribution < 1.29 is 40.6 Å². The maximum atomic E-state index is 13.3. The summed E-state index contributed by atoms with van der Waals surface area (Å²) in [6.07, 6.45) is 8.91. The van der Waals surface area contributed by atoms with Crippen molar-refractivity contribution in [3.8, 4) is 11.5 Å². The standard InChI is InChI=1S/C26H38N4O5S2.C26H32N4O4S2/c1-34-23-7-2-5-21(19-23)26(31)28-20-24-8-9-25(36-24)37(32,33)30-13-3-6-22(10-14-30)27-11-4-12-29-15-17-35-18-16-29;1-34-23-9-4-6-20(18-23)26(31)29-19-24-10-11-25(35-24)36(32,33)30-16-5-8-22(13-17-30)28-15-12-21-7-2-3-14-27-21/h2,5,7-9,19,22,27H,3-4,6,10-18,20H2,1H3,(H,28,31);2-4,6-7,9-11,14,18,22,28H,5,8,12-13,15-17,19H2,1H3,(H,29,31). The van der Waals surface area contributed by atoms with Crippen molar-refractivity contribution in [3.05, 3.63) is 124 Å². The summed E-state index contributed by atoms with van der Waals surface area (Å²) in [5.74, 6) is 0.754. The first kappa shape index (κ1) is 55.9. The first-order chi connectivity index (χ1) is 35.4. The molecule has 3 aliphatic heterocycles. The van der Waals surface area contributed by atoms with Crippen LogP contribution in [0.1, 0.15) is 81.1 Å². The highest BCUT2D eigenvalue weighted by Crippen LogP contribution is 2.29. The van der Waals surface area contributed by atoms with Crippen LogP contribution in [0.15, 0.2) is 106 Å². The Bertz CT molecular complexity index is 2740. The average Bonchev–Trinajstić information content (AvgIpc) is 3.97. The first-order valence-electron chi connectivity index (χ1n) is 25.1. The zero-order chi connectivity index (χ0) is 51.5. The number of methoxy groups -OCH3 is 2. The summed E-state index contributed by atoms with van der Waals surface area (Å²) in [6.45, 7) is 9.10. The van der Waals surface area contributed by atoms with Crippen LogP contribution in [0.4, 0.5) is 0 Å². The lowest BCUT2D eigenvalue weighted by Crippen LogP contribution is -2.39. The fourth-order valence-electron chi connectivity index (χ4n) is 8.92. The van der Waals surface area contributed by atoms with Gasteiger partial charge < -0.3 is 35.5 Å². The third-order valence-corrected chi connectivity index (χ3v) is 20.0. The summed E-state index contributed by atoms with van der Waals surface area (Å²) in [5.41, 5.74) is 2.04. The number of carbonyl (C=O) groups is 2. The van der Waals surface area contributed by atoms with Crippen molar-refractivity contribution in [2.75, 3.05) is 86.3 Å². The monoisotopic (exact) mass is 1080 g/mol. The number of pyridine rings is 1. The molecule has 3 saturated heterocycles. The zero-order valence-corrected chi connectivity index (χ0v) is 45.1. The Morgan fingerprint density at radius 1 is 0.644 bits per heavy atom. The minimum Gasteiger partial charge on any atom is -0.497 e. The summed E-state index contributed by atoms with van der Waals surface area (Å²) in [6, 6.07) is 27.2. The molecule has 0 aliphatic carbocycles. The van der Waals surface area contributed by atoms with Crippen LogP contribution in [0.3, 0.4) is 0 Å². The molecule has 3 fully saturated rings. The van der Waals surface area contributed by atoms with E-state index < -0.39 is 20.0 Å². The molecule has 21 heteroatoms. The molecule has 17 nitrogen and oxygen atoms in total. The van der Waals surface area contributed by atoms with Crippen LogP contribution in [0, 0.1) is 0 Å². The number of nitrogens with zero attached hydrogens (tertiary/aromatic N) is 4. The lowest BCUT2D eigenvalue weighted by molar-refractivity contribution is 0.0373. The van der Waals surface area contributed by atoms with Gasteiger partial charge in [0.2, 0.25) is 0 Å². The number of thiophene rings is 2. The second-order valence-corrected chi connectivity index (χ2v) is 24.8. The first-order valence-corrected chi connectivity index (χ1v) is 29.6. The van der Waals surface area contributed by atoms with Crippen LogP contribution in [-0.4, -0.2) is 146 Å². The molecule has 2 aromatic carbocycles. The predicted molar refractivity (Wildman–Crippen MR) is 286 cm³/mol. The van der Waals surface area contributed by atoms with Crippen LogP contribution in [-0.2, 0) is 44.3 Å². The van der Waals surface area contributed by atoms with E-state index in [1.807, 2.05) is 18.2 Å². The summed E-state index contributed by atoms with van der Waals surface area (Å²) < 4.78 is 72.8. The summed E-state index contributed by atoms with van der Waals surface area (Å²) in [5, 5.41) is 12.9. The topological polar surface area (TPSA) is 201 Å². The summed E-state index contributed by atoms with van der Waals surface area (Å²) in [7, 11) is -4.01. The van der Waals surface area contributed by atoms with Gasteiger partial charge in [-0.3, -0.25) is 19.5 Å². The Hall–Kier alpha value is -4.81. The van der Waals surface area contributed by atoms with Gasteiger partial charge in [-0.25, -0.2) is 16.8 Å². The van der Waals surface area contributed by atoms with E-state index in [0.717, 1.165) is 113 Å². The van der Waals surface area contributed by atoms with Crippen LogP contribution in [0.5, 0.6) is 11.5 Å². The lowest BCUT2D eigenvalue weighted by atomic mass is 10.1. The van der Waals surface area contributed by atoms with E-state index in [1.54, 1.807) is 102 Å². The fraction of sp³-hybridized carbons (Fsp3) is 0.481. The molecule has 2 unspecified atom stereocenters. The summed E-state index contributed by atoms with van der Waals surface area (Å²) >= 11 is 2.42. The zero-order valence-electron chi connectivity index (χ0n) is 41.8. The van der Waals surface area contributed by atoms with Gasteiger partial charge >= 0.3 is 0 Å². The quantitative estimate of drug-likeness (QED) is 0.0625. The number of sulfonamides is 2. The van der Waals surface area contributed by atoms with Gasteiger partial charge in [-0.05, 0) is 131 Å². The van der Waals surface area contributed by atoms with Crippen molar-refractivity contribution in [3.63, 3.8) is 0 Å². The number of carbonyl (C=O) groups excluding carboxylic acids is 2. The predicted octanol–water partition coefficient (Wildman–Crippen LogP) is 6.00. The molecular formula is C52H70N8O9S4. The third kappa shape index (κ3) is 16.8. The molecule has 2 atom stereocenters. The van der Waals surface area contributed by atoms with Gasteiger partial charge in [-0.2, -0.15) is 8.61 Å². The lowest BCUT2D eigenvalue weighted by Gasteiger charge is -2.26. The van der Waals surface area contributed by atoms with Crippen LogP contribution >= 0.6 is 22.7 Å². The van der Waals surface area contributed by atoms with Gasteiger partial charge in [0.25, 0.3) is 31.9 Å². The van der Waals surface area contributed by atoms with Crippen molar-refractivity contribution >= 4 is 54.5 Å². The molecule has 396 valence electrons. The van der Waals surface area contributed by atoms with E-state index in [2.05, 4.69) is 31.2 Å². The van der Waals surface area contributed by atoms with E-state index in [4.69, 9.17) is 14.2 Å². The molecule has 5 aromatic rings. The molecule has 73 heavy (non-hydrogen) atoms. The van der Waals surface area contributed by atoms with Gasteiger partial charge in [0, 0.05) is 97.1 Å². The minimum absolute atomic E-state index is 0.229. The van der Waals surface area contributed by atoms with Crippen molar-refractivity contribution in [1.82, 2.24) is 39.8 Å². The Morgan fingerprint density at radius 2 is 1.18 bits per heavy atom. The fourth-order valence-corrected chi connectivity index (χ4v) is 14.8. The molecule has 0 radical (unpaired) electrons. The van der Waals surface area contributed by atoms with E-state index in [-0.39, 0.29) is 24.9 Å². The normalized spacial score (nSPS) is 18.4. The number of nitrogens with one attached hydrogen (secondary N) is 4. The number of ether oxygens (including phenoxy) is 3. The Balaban J connectivity index is 0.000000214. The van der Waals surface area contributed by atoms with E-state index in [9.17, 15) is 26.4 Å². The van der Waals surface area contributed by atoms with Gasteiger partial charge in [0.15, 0.2) is 0 Å². The SMILES string of the molecule is COc1cccc(C(=O)NCc2ccc(S(=O)(=O)N3CCCC(NCCCN4CCOCC4)CC3)s2)c1.COc1cccc(C(=O)NCc2ccc(S(=O)(=O)N3CCCC(NCCc4ccccn4)CC3)s2)c1. The van der Waals surface area contributed by atoms with Crippen molar-refractivity contribution in [2.24, 2.45) is 0 Å². The molecule has 3 aromatic heterocycles. The number of amides is 2. The minimum atomic E-state index is -3.57. The van der Waals surface area contributed by atoms with Crippen LogP contribution in [0.25, 0.3) is 0 Å². The largest absolute Gasteiger partial charge is 0.497 e. The average molecular weight is 1080 g/mol. The molecule has 2 amide bonds. The number of benzene rings is 2. The van der Waals surface area contributed by atoms with E-state index in [0.29, 0.717) is 69.3 Å². The molecule has 4 N–H and O–H groups in total. The Labute approximate surface area is 439 Å². The van der Waals surface area contributed by atoms with Gasteiger partial charge in [-0.15, -0.1) is 22.7 Å². The molecule has 0 spiro atoms. The third-order valence-electron chi connectivity index (χ3n) is 13.1. The second-order valence-electron chi connectivity index (χ2n) is 18.1. The number of rotatable bonds is 21. The van der Waals surface area contributed by atoms with Gasteiger partial charge in [0.05, 0.1) is 40.5 Å². The Kier molecular flexibility index (Phi) is 21.6. The molecule has 0 bridgehead atoms. The highest BCUT2D eigenvalue weighted by atomic mass is 32.3. The van der Waals surface area contributed by atoms with Gasteiger partial charge in [-0.1, -0.05) is 18.2 Å².